The molecule has 3 rings (SSSR count). The fourth-order valence-electron chi connectivity index (χ4n) is 3.84. The number of urea groups is 1. The average molecular weight is 478 g/mol. The third kappa shape index (κ3) is 7.19. The topological polar surface area (TPSA) is 52.7 Å². The van der Waals surface area contributed by atoms with Crippen molar-refractivity contribution >= 4 is 29.0 Å². The summed E-state index contributed by atoms with van der Waals surface area (Å²) in [4.78, 5) is 31.5. The first-order valence-corrected chi connectivity index (χ1v) is 12.7. The van der Waals surface area contributed by atoms with E-state index in [9.17, 15) is 9.59 Å². The molecule has 0 saturated carbocycles. The van der Waals surface area contributed by atoms with E-state index >= 15 is 0 Å². The lowest BCUT2D eigenvalue weighted by Crippen LogP contribution is -2.45. The Morgan fingerprint density at radius 1 is 0.941 bits per heavy atom. The van der Waals surface area contributed by atoms with E-state index in [1.165, 1.54) is 10.4 Å². The van der Waals surface area contributed by atoms with Crippen LogP contribution in [0.4, 0.5) is 10.5 Å². The van der Waals surface area contributed by atoms with Gasteiger partial charge in [-0.3, -0.25) is 4.79 Å². The van der Waals surface area contributed by atoms with Crippen LogP contribution in [0.3, 0.4) is 0 Å². The van der Waals surface area contributed by atoms with E-state index in [0.29, 0.717) is 19.6 Å². The SMILES string of the molecule is CCc1ccccc1NC(=O)N(CC(=O)N(Cc1ccccc1)Cc1sccc1C)CC(C)C. The third-order valence-corrected chi connectivity index (χ3v) is 6.72. The van der Waals surface area contributed by atoms with Gasteiger partial charge in [-0.1, -0.05) is 69.3 Å². The second kappa shape index (κ2) is 12.4. The van der Waals surface area contributed by atoms with E-state index in [0.717, 1.165) is 23.2 Å². The van der Waals surface area contributed by atoms with Crippen molar-refractivity contribution in [3.63, 3.8) is 0 Å². The summed E-state index contributed by atoms with van der Waals surface area (Å²) >= 11 is 1.66. The number of para-hydroxylation sites is 1. The van der Waals surface area contributed by atoms with Crippen molar-refractivity contribution in [2.45, 2.75) is 47.2 Å². The second-order valence-electron chi connectivity index (χ2n) is 8.98. The molecule has 3 amide bonds. The van der Waals surface area contributed by atoms with Crippen LogP contribution < -0.4 is 5.32 Å². The predicted octanol–water partition coefficient (Wildman–Crippen LogP) is 6.34. The zero-order valence-corrected chi connectivity index (χ0v) is 21.4. The molecular weight excluding hydrogens is 442 g/mol. The smallest absolute Gasteiger partial charge is 0.322 e. The summed E-state index contributed by atoms with van der Waals surface area (Å²) in [7, 11) is 0. The number of amides is 3. The number of thiophene rings is 1. The van der Waals surface area contributed by atoms with Gasteiger partial charge in [-0.25, -0.2) is 4.79 Å². The summed E-state index contributed by atoms with van der Waals surface area (Å²) in [5.74, 6) is 0.179. The summed E-state index contributed by atoms with van der Waals surface area (Å²) in [5.41, 5.74) is 4.13. The lowest BCUT2D eigenvalue weighted by molar-refractivity contribution is -0.133. The summed E-state index contributed by atoms with van der Waals surface area (Å²) in [6.07, 6.45) is 0.824. The van der Waals surface area contributed by atoms with Crippen molar-refractivity contribution < 1.29 is 9.59 Å². The highest BCUT2D eigenvalue weighted by molar-refractivity contribution is 7.10. The molecule has 6 heteroatoms. The molecule has 180 valence electrons. The van der Waals surface area contributed by atoms with Crippen molar-refractivity contribution in [1.29, 1.82) is 0 Å². The van der Waals surface area contributed by atoms with Crippen molar-refractivity contribution in [2.24, 2.45) is 5.92 Å². The number of rotatable bonds is 10. The largest absolute Gasteiger partial charge is 0.332 e. The van der Waals surface area contributed by atoms with E-state index in [-0.39, 0.29) is 24.4 Å². The number of hydrogen-bond acceptors (Lipinski definition) is 3. The molecule has 0 saturated heterocycles. The van der Waals surface area contributed by atoms with Crippen LogP contribution in [-0.2, 0) is 24.3 Å². The van der Waals surface area contributed by atoms with Crippen LogP contribution in [0.5, 0.6) is 0 Å². The van der Waals surface area contributed by atoms with Gasteiger partial charge in [-0.2, -0.15) is 0 Å². The molecule has 0 atom stereocenters. The highest BCUT2D eigenvalue weighted by Crippen LogP contribution is 2.20. The van der Waals surface area contributed by atoms with Crippen LogP contribution >= 0.6 is 11.3 Å². The lowest BCUT2D eigenvalue weighted by atomic mass is 10.1. The minimum Gasteiger partial charge on any atom is -0.332 e. The van der Waals surface area contributed by atoms with Crippen LogP contribution in [0.1, 0.15) is 42.3 Å². The van der Waals surface area contributed by atoms with Gasteiger partial charge in [-0.15, -0.1) is 11.3 Å². The molecule has 0 bridgehead atoms. The van der Waals surface area contributed by atoms with Gasteiger partial charge in [0.15, 0.2) is 0 Å². The molecule has 2 aromatic carbocycles. The van der Waals surface area contributed by atoms with Crippen molar-refractivity contribution in [3.05, 3.63) is 87.6 Å². The first kappa shape index (κ1) is 25.5. The summed E-state index contributed by atoms with van der Waals surface area (Å²) < 4.78 is 0. The fraction of sp³-hybridized carbons (Fsp3) is 0.357. The van der Waals surface area contributed by atoms with Gasteiger partial charge in [0.1, 0.15) is 6.54 Å². The first-order chi connectivity index (χ1) is 16.4. The number of carbonyl (C=O) groups is 2. The maximum atomic E-state index is 13.6. The zero-order chi connectivity index (χ0) is 24.5. The van der Waals surface area contributed by atoms with Crippen LogP contribution in [-0.4, -0.2) is 34.8 Å². The van der Waals surface area contributed by atoms with Gasteiger partial charge in [0, 0.05) is 23.7 Å². The molecule has 1 aromatic heterocycles. The Bertz CT molecular complexity index is 1080. The van der Waals surface area contributed by atoms with Crippen LogP contribution in [0.2, 0.25) is 0 Å². The van der Waals surface area contributed by atoms with E-state index in [1.807, 2.05) is 59.5 Å². The fourth-order valence-corrected chi connectivity index (χ4v) is 4.76. The van der Waals surface area contributed by atoms with Crippen molar-refractivity contribution in [3.8, 4) is 0 Å². The van der Waals surface area contributed by atoms with E-state index in [4.69, 9.17) is 0 Å². The summed E-state index contributed by atoms with van der Waals surface area (Å²) in [6.45, 7) is 9.83. The summed E-state index contributed by atoms with van der Waals surface area (Å²) in [6, 6.07) is 19.6. The molecule has 0 aliphatic carbocycles. The number of nitrogens with one attached hydrogen (secondary N) is 1. The monoisotopic (exact) mass is 477 g/mol. The number of nitrogens with zero attached hydrogens (tertiary/aromatic N) is 2. The molecule has 0 radical (unpaired) electrons. The standard InChI is InChI=1S/C28H35N3O2S/c1-5-24-13-9-10-14-25(24)29-28(33)31(17-21(2)3)20-27(32)30(18-23-11-7-6-8-12-23)19-26-22(4)15-16-34-26/h6-16,21H,5,17-20H2,1-4H3,(H,29,33). The van der Waals surface area contributed by atoms with Gasteiger partial charge in [-0.05, 0) is 53.5 Å². The predicted molar refractivity (Wildman–Crippen MR) is 141 cm³/mol. The van der Waals surface area contributed by atoms with Gasteiger partial charge in [0.2, 0.25) is 5.91 Å². The average Bonchev–Trinajstić information content (AvgIpc) is 3.23. The molecule has 1 heterocycles. The minimum atomic E-state index is -0.241. The molecule has 0 aliphatic rings. The number of anilines is 1. The maximum absolute atomic E-state index is 13.6. The Labute approximate surface area is 207 Å². The molecule has 3 aromatic rings. The van der Waals surface area contributed by atoms with Gasteiger partial charge >= 0.3 is 6.03 Å². The third-order valence-electron chi connectivity index (χ3n) is 5.71. The van der Waals surface area contributed by atoms with Gasteiger partial charge < -0.3 is 15.1 Å². The maximum Gasteiger partial charge on any atom is 0.322 e. The van der Waals surface area contributed by atoms with E-state index in [2.05, 4.69) is 44.5 Å². The zero-order valence-electron chi connectivity index (χ0n) is 20.6. The Morgan fingerprint density at radius 2 is 1.65 bits per heavy atom. The number of carbonyl (C=O) groups excluding carboxylic acids is 2. The molecule has 0 fully saturated rings. The van der Waals surface area contributed by atoms with Gasteiger partial charge in [0.25, 0.3) is 0 Å². The molecule has 34 heavy (non-hydrogen) atoms. The van der Waals surface area contributed by atoms with E-state index in [1.54, 1.807) is 16.2 Å². The highest BCUT2D eigenvalue weighted by atomic mass is 32.1. The highest BCUT2D eigenvalue weighted by Gasteiger charge is 2.23. The minimum absolute atomic E-state index is 0.0373. The molecule has 0 unspecified atom stereocenters. The molecule has 0 spiro atoms. The van der Waals surface area contributed by atoms with Crippen LogP contribution in [0, 0.1) is 12.8 Å². The Kier molecular flexibility index (Phi) is 9.28. The molecular formula is C28H35N3O2S. The molecule has 0 aliphatic heterocycles. The lowest BCUT2D eigenvalue weighted by Gasteiger charge is -2.29. The second-order valence-corrected chi connectivity index (χ2v) is 9.98. The van der Waals surface area contributed by atoms with E-state index < -0.39 is 0 Å². The Morgan fingerprint density at radius 3 is 2.29 bits per heavy atom. The molecule has 5 nitrogen and oxygen atoms in total. The Balaban J connectivity index is 1.79. The quantitative estimate of drug-likeness (QED) is 0.370. The van der Waals surface area contributed by atoms with Gasteiger partial charge in [0.05, 0.1) is 6.54 Å². The van der Waals surface area contributed by atoms with Crippen molar-refractivity contribution in [1.82, 2.24) is 9.80 Å². The number of benzene rings is 2. The number of aryl methyl sites for hydroxylation is 2. The number of hydrogen-bond donors (Lipinski definition) is 1. The van der Waals surface area contributed by atoms with Crippen LogP contribution in [0.15, 0.2) is 66.0 Å². The van der Waals surface area contributed by atoms with Crippen LogP contribution in [0.25, 0.3) is 0 Å². The summed E-state index contributed by atoms with van der Waals surface area (Å²) in [5, 5.41) is 5.09. The first-order valence-electron chi connectivity index (χ1n) is 11.9. The Hall–Kier alpha value is -3.12. The normalized spacial score (nSPS) is 10.9. The molecule has 1 N–H and O–H groups in total. The van der Waals surface area contributed by atoms with Crippen molar-refractivity contribution in [2.75, 3.05) is 18.4 Å².